The highest BCUT2D eigenvalue weighted by molar-refractivity contribution is 5.97. The normalized spacial score (nSPS) is 17.1. The molecule has 5 nitrogen and oxygen atoms in total. The molecule has 1 saturated heterocycles. The number of benzene rings is 1. The van der Waals surface area contributed by atoms with E-state index in [2.05, 4.69) is 30.0 Å². The Labute approximate surface area is 127 Å². The van der Waals surface area contributed by atoms with Crippen LogP contribution in [-0.4, -0.2) is 56.0 Å². The first kappa shape index (κ1) is 15.8. The number of nitrogens with zero attached hydrogens (tertiary/aromatic N) is 2. The van der Waals surface area contributed by atoms with Crippen LogP contribution in [0.2, 0.25) is 0 Å². The molecule has 3 N–H and O–H groups in total. The van der Waals surface area contributed by atoms with Crippen molar-refractivity contribution >= 4 is 5.84 Å². The molecule has 0 amide bonds. The van der Waals surface area contributed by atoms with Gasteiger partial charge in [-0.25, -0.2) is 0 Å². The summed E-state index contributed by atoms with van der Waals surface area (Å²) in [7, 11) is 5.96. The Morgan fingerprint density at radius 3 is 2.67 bits per heavy atom. The zero-order valence-corrected chi connectivity index (χ0v) is 13.2. The summed E-state index contributed by atoms with van der Waals surface area (Å²) in [5.41, 5.74) is 7.47. The number of amidine groups is 1. The van der Waals surface area contributed by atoms with Crippen LogP contribution in [-0.2, 0) is 6.54 Å². The van der Waals surface area contributed by atoms with Crippen LogP contribution < -0.4 is 10.5 Å². The number of nitrogen functional groups attached to an aromatic ring is 1. The smallest absolute Gasteiger partial charge is 0.129 e. The minimum atomic E-state index is 0.0515. The first-order valence-corrected chi connectivity index (χ1v) is 7.41. The van der Waals surface area contributed by atoms with Crippen LogP contribution >= 0.6 is 0 Å². The first-order chi connectivity index (χ1) is 10.0. The van der Waals surface area contributed by atoms with E-state index in [-0.39, 0.29) is 5.84 Å². The lowest BCUT2D eigenvalue weighted by atomic mass is 10.0. The highest BCUT2D eigenvalue weighted by Crippen LogP contribution is 2.22. The van der Waals surface area contributed by atoms with Gasteiger partial charge in [0.05, 0.1) is 12.7 Å². The fourth-order valence-electron chi connectivity index (χ4n) is 2.92. The van der Waals surface area contributed by atoms with Crippen LogP contribution in [0.5, 0.6) is 5.75 Å². The molecule has 0 spiro atoms. The molecule has 1 aliphatic heterocycles. The van der Waals surface area contributed by atoms with Crippen LogP contribution in [0.15, 0.2) is 18.2 Å². The average molecular weight is 290 g/mol. The van der Waals surface area contributed by atoms with Gasteiger partial charge in [0.15, 0.2) is 0 Å². The lowest BCUT2D eigenvalue weighted by Gasteiger charge is -2.35. The van der Waals surface area contributed by atoms with E-state index < -0.39 is 0 Å². The summed E-state index contributed by atoms with van der Waals surface area (Å²) >= 11 is 0. The van der Waals surface area contributed by atoms with Crippen molar-refractivity contribution in [2.24, 2.45) is 5.73 Å². The quantitative estimate of drug-likeness (QED) is 0.637. The number of nitrogens with two attached hydrogens (primary N) is 1. The summed E-state index contributed by atoms with van der Waals surface area (Å²) < 4.78 is 5.25. The van der Waals surface area contributed by atoms with Crippen molar-refractivity contribution in [3.05, 3.63) is 29.3 Å². The molecule has 0 aliphatic carbocycles. The van der Waals surface area contributed by atoms with Gasteiger partial charge in [0.1, 0.15) is 11.6 Å². The van der Waals surface area contributed by atoms with Gasteiger partial charge in [-0.2, -0.15) is 0 Å². The summed E-state index contributed by atoms with van der Waals surface area (Å²) in [6, 6.07) is 6.54. The molecule has 0 saturated carbocycles. The molecule has 116 valence electrons. The second kappa shape index (κ2) is 6.91. The SMILES string of the molecule is COc1ccc(CN(C)C2CCN(C)CC2)cc1C(=N)N. The predicted octanol–water partition coefficient (Wildman–Crippen LogP) is 1.51. The lowest BCUT2D eigenvalue weighted by Crippen LogP contribution is -2.41. The number of likely N-dealkylation sites (tertiary alicyclic amines) is 1. The van der Waals surface area contributed by atoms with Gasteiger partial charge < -0.3 is 15.4 Å². The molecule has 21 heavy (non-hydrogen) atoms. The Hall–Kier alpha value is -1.59. The van der Waals surface area contributed by atoms with E-state index in [1.54, 1.807) is 7.11 Å². The maximum absolute atomic E-state index is 7.66. The number of hydrogen-bond donors (Lipinski definition) is 2. The summed E-state index contributed by atoms with van der Waals surface area (Å²) in [5.74, 6) is 0.712. The average Bonchev–Trinajstić information content (AvgIpc) is 2.47. The van der Waals surface area contributed by atoms with Crippen LogP contribution in [0, 0.1) is 5.41 Å². The monoisotopic (exact) mass is 290 g/mol. The largest absolute Gasteiger partial charge is 0.496 e. The van der Waals surface area contributed by atoms with Gasteiger partial charge in [0, 0.05) is 12.6 Å². The molecular weight excluding hydrogens is 264 g/mol. The summed E-state index contributed by atoms with van der Waals surface area (Å²) in [6.45, 7) is 3.20. The van der Waals surface area contributed by atoms with Gasteiger partial charge in [-0.1, -0.05) is 6.07 Å². The Balaban J connectivity index is 2.05. The van der Waals surface area contributed by atoms with Gasteiger partial charge in [-0.3, -0.25) is 10.3 Å². The van der Waals surface area contributed by atoms with Crippen LogP contribution in [0.3, 0.4) is 0 Å². The van der Waals surface area contributed by atoms with Crippen LogP contribution in [0.1, 0.15) is 24.0 Å². The van der Waals surface area contributed by atoms with E-state index in [4.69, 9.17) is 15.9 Å². The Bertz CT molecular complexity index is 495. The molecule has 0 radical (unpaired) electrons. The van der Waals surface area contributed by atoms with E-state index in [1.165, 1.54) is 18.4 Å². The van der Waals surface area contributed by atoms with Gasteiger partial charge in [0.2, 0.25) is 0 Å². The maximum atomic E-state index is 7.66. The van der Waals surface area contributed by atoms with Gasteiger partial charge in [0.25, 0.3) is 0 Å². The third-order valence-corrected chi connectivity index (χ3v) is 4.30. The number of hydrogen-bond acceptors (Lipinski definition) is 4. The van der Waals surface area contributed by atoms with Crippen molar-refractivity contribution in [3.8, 4) is 5.75 Å². The molecule has 2 rings (SSSR count). The number of methoxy groups -OCH3 is 1. The van der Waals surface area contributed by atoms with Crippen molar-refractivity contribution in [2.45, 2.75) is 25.4 Å². The maximum Gasteiger partial charge on any atom is 0.129 e. The molecule has 1 fully saturated rings. The molecule has 0 bridgehead atoms. The van der Waals surface area contributed by atoms with E-state index in [0.717, 1.165) is 19.6 Å². The van der Waals surface area contributed by atoms with Crippen LogP contribution in [0.25, 0.3) is 0 Å². The van der Waals surface area contributed by atoms with E-state index in [0.29, 0.717) is 17.4 Å². The second-order valence-corrected chi connectivity index (χ2v) is 5.90. The summed E-state index contributed by atoms with van der Waals surface area (Å²) in [4.78, 5) is 4.78. The fourth-order valence-corrected chi connectivity index (χ4v) is 2.92. The van der Waals surface area contributed by atoms with E-state index in [9.17, 15) is 0 Å². The van der Waals surface area contributed by atoms with Crippen LogP contribution in [0.4, 0.5) is 0 Å². The van der Waals surface area contributed by atoms with Crippen molar-refractivity contribution in [2.75, 3.05) is 34.3 Å². The molecule has 0 atom stereocenters. The molecule has 0 unspecified atom stereocenters. The predicted molar refractivity (Wildman–Crippen MR) is 86.0 cm³/mol. The van der Waals surface area contributed by atoms with E-state index >= 15 is 0 Å². The Morgan fingerprint density at radius 2 is 2.10 bits per heavy atom. The molecule has 0 aromatic heterocycles. The number of nitrogens with one attached hydrogen (secondary N) is 1. The van der Waals surface area contributed by atoms with Crippen molar-refractivity contribution in [1.29, 1.82) is 5.41 Å². The number of rotatable bonds is 5. The lowest BCUT2D eigenvalue weighted by molar-refractivity contribution is 0.139. The zero-order valence-electron chi connectivity index (χ0n) is 13.2. The number of ether oxygens (including phenoxy) is 1. The molecular formula is C16H26N4O. The van der Waals surface area contributed by atoms with Crippen molar-refractivity contribution < 1.29 is 4.74 Å². The van der Waals surface area contributed by atoms with Gasteiger partial charge >= 0.3 is 0 Å². The second-order valence-electron chi connectivity index (χ2n) is 5.90. The summed E-state index contributed by atoms with van der Waals surface area (Å²) in [5, 5.41) is 7.66. The minimum Gasteiger partial charge on any atom is -0.496 e. The Kier molecular flexibility index (Phi) is 5.20. The third kappa shape index (κ3) is 3.95. The topological polar surface area (TPSA) is 65.6 Å². The highest BCUT2D eigenvalue weighted by Gasteiger charge is 2.20. The molecule has 1 aromatic rings. The molecule has 1 aromatic carbocycles. The van der Waals surface area contributed by atoms with Crippen molar-refractivity contribution in [1.82, 2.24) is 9.80 Å². The standard InChI is InChI=1S/C16H26N4O/c1-19-8-6-13(7-9-19)20(2)11-12-4-5-15(21-3)14(10-12)16(17)18/h4-5,10,13H,6-9,11H2,1-3H3,(H3,17,18). The summed E-state index contributed by atoms with van der Waals surface area (Å²) in [6.07, 6.45) is 2.42. The number of piperidine rings is 1. The molecule has 5 heteroatoms. The highest BCUT2D eigenvalue weighted by atomic mass is 16.5. The zero-order chi connectivity index (χ0) is 15.4. The fraction of sp³-hybridized carbons (Fsp3) is 0.562. The minimum absolute atomic E-state index is 0.0515. The van der Waals surface area contributed by atoms with E-state index in [1.807, 2.05) is 12.1 Å². The molecule has 1 aliphatic rings. The van der Waals surface area contributed by atoms with Gasteiger partial charge in [-0.15, -0.1) is 0 Å². The van der Waals surface area contributed by atoms with Crippen molar-refractivity contribution in [3.63, 3.8) is 0 Å². The first-order valence-electron chi connectivity index (χ1n) is 7.41. The molecule has 1 heterocycles. The third-order valence-electron chi connectivity index (χ3n) is 4.30. The Morgan fingerprint density at radius 1 is 1.43 bits per heavy atom. The van der Waals surface area contributed by atoms with Gasteiger partial charge in [-0.05, 0) is 57.7 Å².